The minimum absolute atomic E-state index is 0.0113. The van der Waals surface area contributed by atoms with Crippen molar-refractivity contribution in [2.24, 2.45) is 4.99 Å². The molecule has 0 amide bonds. The van der Waals surface area contributed by atoms with Gasteiger partial charge in [-0.05, 0) is 91.2 Å². The minimum Gasteiger partial charge on any atom is -0.626 e. The second-order valence-electron chi connectivity index (χ2n) is 12.4. The highest BCUT2D eigenvalue weighted by Crippen LogP contribution is 2.35. The van der Waals surface area contributed by atoms with Gasteiger partial charge in [0.1, 0.15) is 28.7 Å². The van der Waals surface area contributed by atoms with Crippen LogP contribution in [0.25, 0.3) is 17.0 Å². The Morgan fingerprint density at radius 2 is 1.17 bits per heavy atom. The Balaban J connectivity index is 1.19. The fourth-order valence-electron chi connectivity index (χ4n) is 5.75. The molecule has 0 radical (unpaired) electrons. The lowest BCUT2D eigenvalue weighted by molar-refractivity contribution is 0.171. The number of hydrogen-bond donors (Lipinski definition) is 1. The van der Waals surface area contributed by atoms with E-state index in [1.54, 1.807) is 18.2 Å². The van der Waals surface area contributed by atoms with Crippen molar-refractivity contribution in [2.45, 2.75) is 90.9 Å². The van der Waals surface area contributed by atoms with Gasteiger partial charge in [0.25, 0.3) is 0 Å². The van der Waals surface area contributed by atoms with E-state index >= 15 is 0 Å². The summed E-state index contributed by atoms with van der Waals surface area (Å²) in [5, 5.41) is 0. The molecule has 3 aromatic rings. The number of aromatic amines is 1. The van der Waals surface area contributed by atoms with Gasteiger partial charge < -0.3 is 32.4 Å². The molecule has 0 saturated carbocycles. The molecule has 0 fully saturated rings. The molecular weight excluding hydrogens is 609 g/mol. The van der Waals surface area contributed by atoms with Gasteiger partial charge >= 0.3 is 7.11 Å². The van der Waals surface area contributed by atoms with E-state index in [-0.39, 0.29) is 11.5 Å². The average Bonchev–Trinajstić information content (AvgIpc) is 3.79. The van der Waals surface area contributed by atoms with Crippen molar-refractivity contribution in [1.82, 2.24) is 4.98 Å². The maximum absolute atomic E-state index is 14.7. The molecule has 0 saturated heterocycles. The van der Waals surface area contributed by atoms with Crippen molar-refractivity contribution in [3.05, 3.63) is 102 Å². The second kappa shape index (κ2) is 17.8. The standard InChI is InChI=1S/C39H48BF2N2O4/c1-3-5-7-9-11-13-27-45-32-19-15-30(16-20-32)34-23-25-36(43-34)38-29-39(48-40(41,42)47-38)37-26-24-35(44-37)31-17-21-33(22-18-31)46-28-14-12-10-8-6-4-2/h15-26,29,43H,3-14,27-28H2,1-2H3/q-1/b39-37-. The Morgan fingerprint density at radius 1 is 0.625 bits per heavy atom. The van der Waals surface area contributed by atoms with E-state index in [1.165, 1.54) is 70.3 Å². The maximum Gasteiger partial charge on any atom is 0.726 e. The molecule has 1 aromatic heterocycles. The van der Waals surface area contributed by atoms with E-state index in [0.29, 0.717) is 30.3 Å². The quantitative estimate of drug-likeness (QED) is 0.103. The van der Waals surface area contributed by atoms with Crippen LogP contribution in [-0.4, -0.2) is 31.0 Å². The second-order valence-corrected chi connectivity index (χ2v) is 12.4. The third kappa shape index (κ3) is 10.4. The Labute approximate surface area is 284 Å². The summed E-state index contributed by atoms with van der Waals surface area (Å²) in [5.41, 5.74) is 3.91. The fraction of sp³-hybridized carbons (Fsp3) is 0.410. The van der Waals surface area contributed by atoms with Crippen LogP contribution in [0.5, 0.6) is 11.5 Å². The molecule has 0 bridgehead atoms. The highest BCUT2D eigenvalue weighted by molar-refractivity contribution is 6.53. The third-order valence-electron chi connectivity index (χ3n) is 8.48. The van der Waals surface area contributed by atoms with E-state index in [1.807, 2.05) is 54.6 Å². The SMILES string of the molecule is CCCCCCCCOc1ccc(C2=N/C(=C3/C=C(c4ccc(-c5ccc(OCCCCCCCC)cc5)[nH]4)O[B-](F)(F)O3)C=C2)cc1. The van der Waals surface area contributed by atoms with Crippen LogP contribution < -0.4 is 9.47 Å². The van der Waals surface area contributed by atoms with Crippen LogP contribution in [0.3, 0.4) is 0 Å². The predicted molar refractivity (Wildman–Crippen MR) is 191 cm³/mol. The van der Waals surface area contributed by atoms with Crippen LogP contribution in [0.4, 0.5) is 8.63 Å². The number of halogens is 2. The smallest absolute Gasteiger partial charge is 0.626 e. The van der Waals surface area contributed by atoms with E-state index in [9.17, 15) is 8.63 Å². The van der Waals surface area contributed by atoms with Crippen molar-refractivity contribution in [3.8, 4) is 22.8 Å². The molecular formula is C39H48BF2N2O4-. The Bertz CT molecular complexity index is 1580. The molecule has 0 aliphatic carbocycles. The minimum atomic E-state index is -4.59. The number of aliphatic imine (C=N–C) groups is 1. The number of nitrogens with one attached hydrogen (secondary N) is 1. The summed E-state index contributed by atoms with van der Waals surface area (Å²) in [5.74, 6) is 1.55. The predicted octanol–water partition coefficient (Wildman–Crippen LogP) is 11.2. The van der Waals surface area contributed by atoms with Crippen molar-refractivity contribution in [3.63, 3.8) is 0 Å². The van der Waals surface area contributed by atoms with Gasteiger partial charge in [0, 0.05) is 17.3 Å². The van der Waals surface area contributed by atoms with Crippen LogP contribution in [0.1, 0.15) is 102 Å². The van der Waals surface area contributed by atoms with Crippen LogP contribution in [0.2, 0.25) is 0 Å². The normalized spacial score (nSPS) is 16.7. The van der Waals surface area contributed by atoms with E-state index < -0.39 is 7.11 Å². The van der Waals surface area contributed by atoms with Crippen molar-refractivity contribution in [1.29, 1.82) is 0 Å². The summed E-state index contributed by atoms with van der Waals surface area (Å²) in [7, 11) is -4.59. The van der Waals surface area contributed by atoms with E-state index in [4.69, 9.17) is 18.8 Å². The molecule has 9 heteroatoms. The first-order valence-electron chi connectivity index (χ1n) is 17.7. The van der Waals surface area contributed by atoms with Crippen LogP contribution in [0.15, 0.2) is 95.3 Å². The maximum atomic E-state index is 14.7. The number of rotatable bonds is 19. The summed E-state index contributed by atoms with van der Waals surface area (Å²) in [6.07, 6.45) is 19.5. The molecule has 0 unspecified atom stereocenters. The van der Waals surface area contributed by atoms with Gasteiger partial charge in [0.2, 0.25) is 0 Å². The Morgan fingerprint density at radius 3 is 1.77 bits per heavy atom. The summed E-state index contributed by atoms with van der Waals surface area (Å²) >= 11 is 0. The van der Waals surface area contributed by atoms with Gasteiger partial charge in [-0.2, -0.15) is 0 Å². The number of nitrogens with zero attached hydrogens (tertiary/aromatic N) is 1. The molecule has 2 aromatic carbocycles. The number of H-pyrrole nitrogens is 1. The monoisotopic (exact) mass is 657 g/mol. The lowest BCUT2D eigenvalue weighted by Crippen LogP contribution is -2.34. The van der Waals surface area contributed by atoms with Gasteiger partial charge in [-0.3, -0.25) is 0 Å². The number of benzene rings is 2. The first-order chi connectivity index (χ1) is 23.4. The zero-order valence-corrected chi connectivity index (χ0v) is 28.3. The van der Waals surface area contributed by atoms with Gasteiger partial charge in [0.15, 0.2) is 0 Å². The molecule has 1 N–H and O–H groups in total. The fourth-order valence-corrected chi connectivity index (χ4v) is 5.75. The third-order valence-corrected chi connectivity index (χ3v) is 8.48. The lowest BCUT2D eigenvalue weighted by atomic mass is 10.1. The largest absolute Gasteiger partial charge is 0.726 e. The molecule has 3 heterocycles. The first kappa shape index (κ1) is 35.1. The number of ether oxygens (including phenoxy) is 2. The summed E-state index contributed by atoms with van der Waals surface area (Å²) in [4.78, 5) is 7.81. The number of unbranched alkanes of at least 4 members (excludes halogenated alkanes) is 10. The summed E-state index contributed by atoms with van der Waals surface area (Å²) in [6, 6.07) is 19.0. The Hall–Kier alpha value is -4.27. The van der Waals surface area contributed by atoms with Crippen molar-refractivity contribution < 1.29 is 27.4 Å². The molecule has 5 rings (SSSR count). The van der Waals surface area contributed by atoms with E-state index in [2.05, 4.69) is 23.8 Å². The summed E-state index contributed by atoms with van der Waals surface area (Å²) < 4.78 is 51.2. The molecule has 48 heavy (non-hydrogen) atoms. The lowest BCUT2D eigenvalue weighted by Gasteiger charge is -2.34. The van der Waals surface area contributed by atoms with E-state index in [0.717, 1.165) is 41.2 Å². The van der Waals surface area contributed by atoms with Crippen LogP contribution >= 0.6 is 0 Å². The average molecular weight is 658 g/mol. The molecule has 0 spiro atoms. The zero-order chi connectivity index (χ0) is 33.6. The zero-order valence-electron chi connectivity index (χ0n) is 28.3. The number of hydrogen-bond acceptors (Lipinski definition) is 5. The molecule has 6 nitrogen and oxygen atoms in total. The van der Waals surface area contributed by atoms with Crippen molar-refractivity contribution >= 4 is 18.6 Å². The van der Waals surface area contributed by atoms with Crippen molar-refractivity contribution in [2.75, 3.05) is 13.2 Å². The van der Waals surface area contributed by atoms with Gasteiger partial charge in [0.05, 0.1) is 24.6 Å². The molecule has 256 valence electrons. The van der Waals surface area contributed by atoms with Crippen LogP contribution in [-0.2, 0) is 9.31 Å². The molecule has 2 aliphatic heterocycles. The number of allylic oxidation sites excluding steroid dienone is 3. The highest BCUT2D eigenvalue weighted by atomic mass is 19.3. The molecule has 0 atom stereocenters. The summed E-state index contributed by atoms with van der Waals surface area (Å²) in [6.45, 7) is 5.82. The Kier molecular flexibility index (Phi) is 13.0. The molecule has 2 aliphatic rings. The van der Waals surface area contributed by atoms with Crippen LogP contribution in [0, 0.1) is 0 Å². The van der Waals surface area contributed by atoms with Gasteiger partial charge in [-0.1, -0.05) is 78.1 Å². The topological polar surface area (TPSA) is 65.1 Å². The van der Waals surface area contributed by atoms with Gasteiger partial charge in [-0.15, -0.1) is 0 Å². The van der Waals surface area contributed by atoms with Gasteiger partial charge in [-0.25, -0.2) is 4.99 Å². The first-order valence-corrected chi connectivity index (χ1v) is 17.7. The highest BCUT2D eigenvalue weighted by Gasteiger charge is 2.39. The number of aromatic nitrogens is 1.